The minimum Gasteiger partial charge on any atom is -0.496 e. The lowest BCUT2D eigenvalue weighted by Gasteiger charge is -2.40. The van der Waals surface area contributed by atoms with Gasteiger partial charge in [0.2, 0.25) is 0 Å². The fourth-order valence-electron chi connectivity index (χ4n) is 3.65. The molecule has 27 heavy (non-hydrogen) atoms. The van der Waals surface area contributed by atoms with Gasteiger partial charge in [-0.25, -0.2) is 4.99 Å². The second kappa shape index (κ2) is 8.50. The topological polar surface area (TPSA) is 45.1 Å². The smallest absolute Gasteiger partial charge is 0.421 e. The number of aliphatic imine (C=N–C) groups is 1. The third kappa shape index (κ3) is 4.39. The summed E-state index contributed by atoms with van der Waals surface area (Å²) in [6.07, 6.45) is -0.190. The molecule has 0 heterocycles. The van der Waals surface area contributed by atoms with Crippen molar-refractivity contribution in [3.8, 4) is 5.75 Å². The SMILES string of the molecule is CCN(C)/C=N/c1cc(OC)c(C(O)(C2CCCCC2)C(F)(F)F)cc1C. The maximum Gasteiger partial charge on any atom is 0.421 e. The van der Waals surface area contributed by atoms with E-state index in [1.807, 2.05) is 18.9 Å². The molecule has 1 saturated carbocycles. The standard InChI is InChI=1S/C20H29F3N2O2/c1-5-25(3)13-24-17-12-18(27-4)16(11-14(17)2)19(26,20(21,22)23)15-9-7-6-8-10-15/h11-13,15,26H,5-10H2,1-4H3/b24-13+. The van der Waals surface area contributed by atoms with Gasteiger partial charge in [-0.05, 0) is 38.3 Å². The maximum atomic E-state index is 14.1. The predicted octanol–water partition coefficient (Wildman–Crippen LogP) is 4.95. The maximum absolute atomic E-state index is 14.1. The van der Waals surface area contributed by atoms with Crippen molar-refractivity contribution in [2.75, 3.05) is 20.7 Å². The highest BCUT2D eigenvalue weighted by molar-refractivity contribution is 5.65. The lowest BCUT2D eigenvalue weighted by molar-refractivity contribution is -0.290. The first-order valence-corrected chi connectivity index (χ1v) is 9.37. The van der Waals surface area contributed by atoms with Crippen LogP contribution in [0.25, 0.3) is 0 Å². The molecule has 0 amide bonds. The van der Waals surface area contributed by atoms with Crippen molar-refractivity contribution >= 4 is 12.0 Å². The van der Waals surface area contributed by atoms with Crippen LogP contribution in [0.3, 0.4) is 0 Å². The van der Waals surface area contributed by atoms with Gasteiger partial charge in [0.1, 0.15) is 5.75 Å². The molecule has 1 unspecified atom stereocenters. The van der Waals surface area contributed by atoms with Gasteiger partial charge in [0.05, 0.1) is 19.1 Å². The highest BCUT2D eigenvalue weighted by Crippen LogP contribution is 2.52. The zero-order chi connectivity index (χ0) is 20.2. The fourth-order valence-corrected chi connectivity index (χ4v) is 3.65. The van der Waals surface area contributed by atoms with Gasteiger partial charge in [-0.15, -0.1) is 0 Å². The first-order chi connectivity index (χ1) is 12.6. The van der Waals surface area contributed by atoms with Crippen LogP contribution in [0, 0.1) is 12.8 Å². The summed E-state index contributed by atoms with van der Waals surface area (Å²) in [7, 11) is 3.17. The molecule has 1 aliphatic rings. The lowest BCUT2D eigenvalue weighted by Crippen LogP contribution is -2.49. The number of aliphatic hydroxyl groups is 1. The Kier molecular flexibility index (Phi) is 6.78. The van der Waals surface area contributed by atoms with Gasteiger partial charge in [-0.2, -0.15) is 13.2 Å². The van der Waals surface area contributed by atoms with E-state index in [2.05, 4.69) is 4.99 Å². The van der Waals surface area contributed by atoms with E-state index in [1.165, 1.54) is 19.2 Å². The molecule has 1 fully saturated rings. The molecule has 1 aromatic carbocycles. The van der Waals surface area contributed by atoms with E-state index >= 15 is 0 Å². The quantitative estimate of drug-likeness (QED) is 0.556. The van der Waals surface area contributed by atoms with Crippen molar-refractivity contribution in [2.45, 2.75) is 57.7 Å². The molecule has 152 valence electrons. The van der Waals surface area contributed by atoms with Crippen LogP contribution in [0.15, 0.2) is 17.1 Å². The van der Waals surface area contributed by atoms with Crippen LogP contribution in [-0.2, 0) is 5.60 Å². The van der Waals surface area contributed by atoms with Crippen LogP contribution in [0.1, 0.15) is 50.2 Å². The molecule has 0 aromatic heterocycles. The van der Waals surface area contributed by atoms with Gasteiger partial charge in [0, 0.05) is 31.1 Å². The Morgan fingerprint density at radius 1 is 1.26 bits per heavy atom. The summed E-state index contributed by atoms with van der Waals surface area (Å²) < 4.78 is 47.5. The van der Waals surface area contributed by atoms with E-state index in [0.717, 1.165) is 13.0 Å². The van der Waals surface area contributed by atoms with E-state index < -0.39 is 17.7 Å². The number of hydrogen-bond acceptors (Lipinski definition) is 3. The Bertz CT molecular complexity index is 670. The van der Waals surface area contributed by atoms with Crippen molar-refractivity contribution in [2.24, 2.45) is 10.9 Å². The molecule has 2 rings (SSSR count). The summed E-state index contributed by atoms with van der Waals surface area (Å²) in [6.45, 7) is 4.42. The summed E-state index contributed by atoms with van der Waals surface area (Å²) in [5, 5.41) is 11.0. The van der Waals surface area contributed by atoms with Crippen LogP contribution < -0.4 is 4.74 Å². The Hall–Kier alpha value is -1.76. The number of methoxy groups -OCH3 is 1. The summed E-state index contributed by atoms with van der Waals surface area (Å²) >= 11 is 0. The van der Waals surface area contributed by atoms with Crippen molar-refractivity contribution in [3.63, 3.8) is 0 Å². The van der Waals surface area contributed by atoms with E-state index in [0.29, 0.717) is 36.9 Å². The van der Waals surface area contributed by atoms with Crippen LogP contribution in [0.2, 0.25) is 0 Å². The first-order valence-electron chi connectivity index (χ1n) is 9.37. The van der Waals surface area contributed by atoms with E-state index in [-0.39, 0.29) is 11.3 Å². The second-order valence-corrected chi connectivity index (χ2v) is 7.26. The number of benzene rings is 1. The van der Waals surface area contributed by atoms with Gasteiger partial charge in [-0.3, -0.25) is 0 Å². The molecule has 0 radical (unpaired) electrons. The summed E-state index contributed by atoms with van der Waals surface area (Å²) in [5.74, 6) is -0.863. The molecule has 1 N–H and O–H groups in total. The fraction of sp³-hybridized carbons (Fsp3) is 0.650. The van der Waals surface area contributed by atoms with Crippen LogP contribution in [0.4, 0.5) is 18.9 Å². The van der Waals surface area contributed by atoms with Gasteiger partial charge in [0.25, 0.3) is 0 Å². The van der Waals surface area contributed by atoms with Crippen molar-refractivity contribution in [1.82, 2.24) is 4.90 Å². The van der Waals surface area contributed by atoms with Crippen molar-refractivity contribution in [1.29, 1.82) is 0 Å². The number of halogens is 3. The Morgan fingerprint density at radius 3 is 2.41 bits per heavy atom. The van der Waals surface area contributed by atoms with Gasteiger partial charge in [-0.1, -0.05) is 19.3 Å². The molecular formula is C20H29F3N2O2. The molecule has 7 heteroatoms. The minimum absolute atomic E-state index is 0.0114. The Labute approximate surface area is 159 Å². The monoisotopic (exact) mass is 386 g/mol. The summed E-state index contributed by atoms with van der Waals surface area (Å²) in [4.78, 5) is 6.20. The summed E-state index contributed by atoms with van der Waals surface area (Å²) in [5.41, 5.74) is -2.06. The van der Waals surface area contributed by atoms with Gasteiger partial charge in [0.15, 0.2) is 5.60 Å². The highest BCUT2D eigenvalue weighted by atomic mass is 19.4. The molecule has 1 aliphatic carbocycles. The third-order valence-corrected chi connectivity index (χ3v) is 5.45. The number of rotatable bonds is 6. The number of ether oxygens (including phenoxy) is 1. The number of nitrogens with zero attached hydrogens (tertiary/aromatic N) is 2. The first kappa shape index (κ1) is 21.5. The van der Waals surface area contributed by atoms with Gasteiger partial charge < -0.3 is 14.7 Å². The normalized spacial score (nSPS) is 18.5. The van der Waals surface area contributed by atoms with E-state index in [1.54, 1.807) is 13.3 Å². The third-order valence-electron chi connectivity index (χ3n) is 5.45. The number of alkyl halides is 3. The molecule has 0 spiro atoms. The van der Waals surface area contributed by atoms with E-state index in [9.17, 15) is 18.3 Å². The molecule has 0 bridgehead atoms. The number of aryl methyl sites for hydroxylation is 1. The van der Waals surface area contributed by atoms with Gasteiger partial charge >= 0.3 is 6.18 Å². The van der Waals surface area contributed by atoms with Crippen LogP contribution in [0.5, 0.6) is 5.75 Å². The summed E-state index contributed by atoms with van der Waals surface area (Å²) in [6, 6.07) is 2.85. The van der Waals surface area contributed by atoms with Crippen molar-refractivity contribution in [3.05, 3.63) is 23.3 Å². The molecule has 0 aliphatic heterocycles. The van der Waals surface area contributed by atoms with E-state index in [4.69, 9.17) is 4.74 Å². The second-order valence-electron chi connectivity index (χ2n) is 7.26. The molecular weight excluding hydrogens is 357 g/mol. The van der Waals surface area contributed by atoms with Crippen LogP contribution >= 0.6 is 0 Å². The number of hydrogen-bond donors (Lipinski definition) is 1. The minimum atomic E-state index is -4.79. The molecule has 1 aromatic rings. The Morgan fingerprint density at radius 2 is 1.89 bits per heavy atom. The average Bonchev–Trinajstić information content (AvgIpc) is 2.65. The van der Waals surface area contributed by atoms with Crippen LogP contribution in [-0.4, -0.2) is 43.2 Å². The lowest BCUT2D eigenvalue weighted by atomic mass is 9.72. The zero-order valence-corrected chi connectivity index (χ0v) is 16.4. The highest BCUT2D eigenvalue weighted by Gasteiger charge is 2.60. The zero-order valence-electron chi connectivity index (χ0n) is 16.4. The Balaban J connectivity index is 2.56. The van der Waals surface area contributed by atoms with Crippen molar-refractivity contribution < 1.29 is 23.0 Å². The molecule has 0 saturated heterocycles. The average molecular weight is 386 g/mol. The largest absolute Gasteiger partial charge is 0.496 e. The predicted molar refractivity (Wildman–Crippen MR) is 101 cm³/mol. The molecule has 1 atom stereocenters. The molecule has 4 nitrogen and oxygen atoms in total.